The molecule has 1 aliphatic rings. The summed E-state index contributed by atoms with van der Waals surface area (Å²) in [5.74, 6) is -2.17. The summed E-state index contributed by atoms with van der Waals surface area (Å²) >= 11 is 1.88. The fourth-order valence-corrected chi connectivity index (χ4v) is 7.27. The highest BCUT2D eigenvalue weighted by Gasteiger charge is 2.33. The van der Waals surface area contributed by atoms with Crippen LogP contribution in [0.15, 0.2) is 77.7 Å². The lowest BCUT2D eigenvalue weighted by atomic mass is 9.93. The van der Waals surface area contributed by atoms with Gasteiger partial charge in [0.1, 0.15) is 15.9 Å². The number of thioether (sulfide) groups is 1. The molecule has 1 saturated heterocycles. The standard InChI is InChI=1S/C32H38N2O6S2/c1-22-9-7-8-12-27(22)29-17-23(13-14-28(29)31(35)33-30(32(36)37)15-16-42(3,38)39)19-34-20-26(18-24(34)21-40-2)41-25-10-5-4-6-11-25/h4-14,17,24,26,30H,15-16,18-21H2,1-3H3,(H,33,35)(H,36,37)/t24-,26?,30-/m0/s1. The highest BCUT2D eigenvalue weighted by Crippen LogP contribution is 2.35. The van der Waals surface area contributed by atoms with Crippen LogP contribution in [0.5, 0.6) is 0 Å². The van der Waals surface area contributed by atoms with Gasteiger partial charge in [0.25, 0.3) is 5.91 Å². The largest absolute Gasteiger partial charge is 0.480 e. The lowest BCUT2D eigenvalue weighted by molar-refractivity contribution is -0.139. The SMILES string of the molecule is COC[C@@H]1CC(Sc2ccccc2)CN1Cc1ccc(C(=O)N[C@@H](CCS(C)(=O)=O)C(=O)O)c(-c2ccccc2C)c1. The summed E-state index contributed by atoms with van der Waals surface area (Å²) in [6.45, 7) is 4.17. The smallest absolute Gasteiger partial charge is 0.326 e. The first kappa shape index (κ1) is 31.7. The van der Waals surface area contributed by atoms with Crippen molar-refractivity contribution in [3.05, 3.63) is 89.5 Å². The molecule has 4 rings (SSSR count). The van der Waals surface area contributed by atoms with Crippen LogP contribution in [0.2, 0.25) is 0 Å². The highest BCUT2D eigenvalue weighted by molar-refractivity contribution is 8.00. The maximum Gasteiger partial charge on any atom is 0.326 e. The molecule has 0 aliphatic carbocycles. The van der Waals surface area contributed by atoms with Gasteiger partial charge < -0.3 is 15.2 Å². The van der Waals surface area contributed by atoms with Crippen molar-refractivity contribution in [2.75, 3.05) is 32.3 Å². The molecule has 0 spiro atoms. The number of methoxy groups -OCH3 is 1. The van der Waals surface area contributed by atoms with Crippen molar-refractivity contribution in [3.63, 3.8) is 0 Å². The summed E-state index contributed by atoms with van der Waals surface area (Å²) in [6, 6.07) is 22.7. The van der Waals surface area contributed by atoms with E-state index in [0.29, 0.717) is 29.5 Å². The van der Waals surface area contributed by atoms with Gasteiger partial charge >= 0.3 is 5.97 Å². The zero-order chi connectivity index (χ0) is 30.3. The van der Waals surface area contributed by atoms with E-state index in [1.165, 1.54) is 4.90 Å². The molecule has 1 unspecified atom stereocenters. The first-order valence-corrected chi connectivity index (χ1v) is 16.8. The average Bonchev–Trinajstić information content (AvgIpc) is 3.31. The third kappa shape index (κ3) is 8.67. The Hall–Kier alpha value is -3.18. The summed E-state index contributed by atoms with van der Waals surface area (Å²) in [5.41, 5.74) is 3.93. The molecule has 0 saturated carbocycles. The van der Waals surface area contributed by atoms with Crippen molar-refractivity contribution < 1.29 is 27.9 Å². The predicted octanol–water partition coefficient (Wildman–Crippen LogP) is 4.66. The number of benzene rings is 3. The van der Waals surface area contributed by atoms with Gasteiger partial charge in [-0.25, -0.2) is 13.2 Å². The number of ether oxygens (including phenoxy) is 1. The maximum absolute atomic E-state index is 13.4. The topological polar surface area (TPSA) is 113 Å². The molecule has 0 bridgehead atoms. The number of aryl methyl sites for hydroxylation is 1. The number of sulfone groups is 1. The van der Waals surface area contributed by atoms with Crippen molar-refractivity contribution >= 4 is 33.5 Å². The number of amides is 1. The number of carbonyl (C=O) groups excluding carboxylic acids is 1. The summed E-state index contributed by atoms with van der Waals surface area (Å²) in [5, 5.41) is 12.6. The van der Waals surface area contributed by atoms with Gasteiger partial charge in [0.05, 0.1) is 12.4 Å². The van der Waals surface area contributed by atoms with E-state index in [0.717, 1.165) is 35.9 Å². The molecule has 1 heterocycles. The number of aliphatic carboxylic acids is 1. The fraction of sp³-hybridized carbons (Fsp3) is 0.375. The molecular weight excluding hydrogens is 572 g/mol. The molecule has 8 nitrogen and oxygen atoms in total. The number of nitrogens with one attached hydrogen (secondary N) is 1. The summed E-state index contributed by atoms with van der Waals surface area (Å²) in [7, 11) is -1.67. The molecule has 3 atom stereocenters. The first-order valence-electron chi connectivity index (χ1n) is 13.9. The molecule has 0 aromatic heterocycles. The molecule has 1 aliphatic heterocycles. The maximum atomic E-state index is 13.4. The summed E-state index contributed by atoms with van der Waals surface area (Å²) < 4.78 is 28.8. The average molecular weight is 611 g/mol. The lowest BCUT2D eigenvalue weighted by Gasteiger charge is -2.24. The van der Waals surface area contributed by atoms with Crippen molar-refractivity contribution in [2.24, 2.45) is 0 Å². The van der Waals surface area contributed by atoms with Crippen LogP contribution in [0.4, 0.5) is 0 Å². The van der Waals surface area contributed by atoms with Crippen LogP contribution < -0.4 is 5.32 Å². The predicted molar refractivity (Wildman–Crippen MR) is 167 cm³/mol. The number of carboxylic acids is 1. The highest BCUT2D eigenvalue weighted by atomic mass is 32.2. The van der Waals surface area contributed by atoms with Crippen LogP contribution in [-0.2, 0) is 25.9 Å². The number of carboxylic acid groups (broad SMARTS) is 1. The third-order valence-electron chi connectivity index (χ3n) is 7.42. The molecule has 3 aromatic carbocycles. The van der Waals surface area contributed by atoms with Crippen molar-refractivity contribution in [2.45, 2.75) is 48.5 Å². The zero-order valence-electron chi connectivity index (χ0n) is 24.2. The number of likely N-dealkylation sites (tertiary alicyclic amines) is 1. The Balaban J connectivity index is 1.60. The van der Waals surface area contributed by atoms with E-state index in [1.54, 1.807) is 13.2 Å². The minimum Gasteiger partial charge on any atom is -0.480 e. The Bertz CT molecular complexity index is 1500. The minimum absolute atomic E-state index is 0.213. The molecule has 3 aromatic rings. The molecule has 1 fully saturated rings. The normalized spacial score (nSPS) is 18.1. The Labute approximate surface area is 252 Å². The van der Waals surface area contributed by atoms with Gasteiger partial charge in [0.15, 0.2) is 0 Å². The van der Waals surface area contributed by atoms with Gasteiger partial charge in [0, 0.05) is 48.2 Å². The molecule has 0 radical (unpaired) electrons. The molecular formula is C32H38N2O6S2. The van der Waals surface area contributed by atoms with E-state index in [1.807, 2.05) is 61.2 Å². The summed E-state index contributed by atoms with van der Waals surface area (Å²) in [4.78, 5) is 29.0. The van der Waals surface area contributed by atoms with E-state index >= 15 is 0 Å². The van der Waals surface area contributed by atoms with Crippen molar-refractivity contribution in [3.8, 4) is 11.1 Å². The Morgan fingerprint density at radius 3 is 2.45 bits per heavy atom. The quantitative estimate of drug-likeness (QED) is 0.287. The van der Waals surface area contributed by atoms with E-state index in [2.05, 4.69) is 34.5 Å². The summed E-state index contributed by atoms with van der Waals surface area (Å²) in [6.07, 6.45) is 1.83. The molecule has 2 N–H and O–H groups in total. The van der Waals surface area contributed by atoms with Crippen molar-refractivity contribution in [1.29, 1.82) is 0 Å². The molecule has 224 valence electrons. The second-order valence-corrected chi connectivity index (χ2v) is 14.4. The third-order valence-corrected chi connectivity index (χ3v) is 9.62. The van der Waals surface area contributed by atoms with Gasteiger partial charge in [-0.05, 0) is 66.3 Å². The van der Waals surface area contributed by atoms with Crippen molar-refractivity contribution in [1.82, 2.24) is 10.2 Å². The minimum atomic E-state index is -3.39. The van der Waals surface area contributed by atoms with Crippen LogP contribution in [0.1, 0.15) is 34.3 Å². The van der Waals surface area contributed by atoms with Crippen LogP contribution in [0.25, 0.3) is 11.1 Å². The second-order valence-electron chi connectivity index (χ2n) is 10.8. The number of hydrogen-bond donors (Lipinski definition) is 2. The van der Waals surface area contributed by atoms with Gasteiger partial charge in [0.2, 0.25) is 0 Å². The number of carbonyl (C=O) groups is 2. The van der Waals surface area contributed by atoms with Gasteiger partial charge in [-0.3, -0.25) is 9.69 Å². The van der Waals surface area contributed by atoms with E-state index in [-0.39, 0.29) is 18.2 Å². The Morgan fingerprint density at radius 2 is 1.79 bits per heavy atom. The molecule has 42 heavy (non-hydrogen) atoms. The van der Waals surface area contributed by atoms with Crippen LogP contribution in [0.3, 0.4) is 0 Å². The Morgan fingerprint density at radius 1 is 1.07 bits per heavy atom. The number of rotatable bonds is 13. The van der Waals surface area contributed by atoms with Gasteiger partial charge in [-0.1, -0.05) is 48.5 Å². The van der Waals surface area contributed by atoms with Crippen LogP contribution in [0, 0.1) is 6.92 Å². The molecule has 1 amide bonds. The van der Waals surface area contributed by atoms with E-state index in [9.17, 15) is 23.1 Å². The van der Waals surface area contributed by atoms with Crippen LogP contribution in [-0.4, -0.2) is 79.9 Å². The van der Waals surface area contributed by atoms with E-state index in [4.69, 9.17) is 4.74 Å². The van der Waals surface area contributed by atoms with Gasteiger partial charge in [-0.15, -0.1) is 11.8 Å². The van der Waals surface area contributed by atoms with E-state index < -0.39 is 27.8 Å². The lowest BCUT2D eigenvalue weighted by Crippen LogP contribution is -2.42. The van der Waals surface area contributed by atoms with Crippen LogP contribution >= 0.6 is 11.8 Å². The number of nitrogens with zero attached hydrogens (tertiary/aromatic N) is 1. The second kappa shape index (κ2) is 14.3. The fourth-order valence-electron chi connectivity index (χ4n) is 5.32. The monoisotopic (exact) mass is 610 g/mol. The Kier molecular flexibility index (Phi) is 10.8. The zero-order valence-corrected chi connectivity index (χ0v) is 25.8. The first-order chi connectivity index (χ1) is 20.0. The molecule has 10 heteroatoms. The number of hydrogen-bond acceptors (Lipinski definition) is 7. The van der Waals surface area contributed by atoms with Gasteiger partial charge in [-0.2, -0.15) is 0 Å².